The van der Waals surface area contributed by atoms with Crippen LogP contribution in [-0.2, 0) is 12.7 Å². The van der Waals surface area contributed by atoms with Crippen LogP contribution in [0.15, 0.2) is 30.6 Å². The van der Waals surface area contributed by atoms with Gasteiger partial charge in [-0.1, -0.05) is 12.1 Å². The molecule has 118 valence electrons. The van der Waals surface area contributed by atoms with Gasteiger partial charge in [-0.25, -0.2) is 0 Å². The van der Waals surface area contributed by atoms with E-state index in [1.807, 2.05) is 0 Å². The minimum absolute atomic E-state index is 0.0125. The minimum atomic E-state index is -4.29. The van der Waals surface area contributed by atoms with E-state index in [0.717, 1.165) is 43.5 Å². The average Bonchev–Trinajstić information content (AvgIpc) is 3.01. The standard InChI is InChI=1S/C14H16F3N5/c15-14(16,17)12-6-4-11(5-7-12)9-21-8-2-1-3-13(21)22-19-10-18-20-22/h4-7,10,13H,1-3,8-9H2/t13-/m1/s1. The molecule has 0 bridgehead atoms. The fourth-order valence-corrected chi connectivity index (χ4v) is 2.76. The predicted octanol–water partition coefficient (Wildman–Crippen LogP) is 2.88. The molecule has 2 heterocycles. The van der Waals surface area contributed by atoms with Gasteiger partial charge in [0.15, 0.2) is 6.33 Å². The highest BCUT2D eigenvalue weighted by atomic mass is 19.4. The highest BCUT2D eigenvalue weighted by Gasteiger charge is 2.30. The number of halogens is 3. The van der Waals surface area contributed by atoms with Gasteiger partial charge in [-0.05, 0) is 42.2 Å². The molecule has 1 saturated heterocycles. The molecule has 3 rings (SSSR count). The molecule has 22 heavy (non-hydrogen) atoms. The summed E-state index contributed by atoms with van der Waals surface area (Å²) >= 11 is 0. The number of likely N-dealkylation sites (tertiary alicyclic amines) is 1. The first-order chi connectivity index (χ1) is 10.5. The van der Waals surface area contributed by atoms with Gasteiger partial charge >= 0.3 is 6.18 Å². The summed E-state index contributed by atoms with van der Waals surface area (Å²) in [5.74, 6) is 0. The van der Waals surface area contributed by atoms with Crippen LogP contribution in [0.4, 0.5) is 13.2 Å². The fourth-order valence-electron chi connectivity index (χ4n) is 2.76. The van der Waals surface area contributed by atoms with Crippen LogP contribution in [0.1, 0.15) is 36.6 Å². The number of nitrogens with zero attached hydrogens (tertiary/aromatic N) is 5. The topological polar surface area (TPSA) is 46.8 Å². The minimum Gasteiger partial charge on any atom is -0.276 e. The van der Waals surface area contributed by atoms with Crippen LogP contribution in [0.5, 0.6) is 0 Å². The van der Waals surface area contributed by atoms with Crippen LogP contribution < -0.4 is 0 Å². The number of hydrogen-bond acceptors (Lipinski definition) is 4. The zero-order valence-electron chi connectivity index (χ0n) is 11.9. The smallest absolute Gasteiger partial charge is 0.276 e. The molecule has 5 nitrogen and oxygen atoms in total. The monoisotopic (exact) mass is 311 g/mol. The van der Waals surface area contributed by atoms with Crippen molar-refractivity contribution >= 4 is 0 Å². The van der Waals surface area contributed by atoms with E-state index in [0.29, 0.717) is 6.54 Å². The molecule has 1 aliphatic rings. The van der Waals surface area contributed by atoms with Crippen molar-refractivity contribution < 1.29 is 13.2 Å². The number of piperidine rings is 1. The number of aromatic nitrogens is 4. The van der Waals surface area contributed by atoms with E-state index in [-0.39, 0.29) is 6.17 Å². The summed E-state index contributed by atoms with van der Waals surface area (Å²) in [4.78, 5) is 3.75. The maximum atomic E-state index is 12.6. The molecule has 0 radical (unpaired) electrons. The van der Waals surface area contributed by atoms with E-state index >= 15 is 0 Å². The summed E-state index contributed by atoms with van der Waals surface area (Å²) < 4.78 is 37.8. The quantitative estimate of drug-likeness (QED) is 0.874. The predicted molar refractivity (Wildman–Crippen MR) is 72.6 cm³/mol. The van der Waals surface area contributed by atoms with Gasteiger partial charge in [-0.15, -0.1) is 15.0 Å². The Bertz CT molecular complexity index is 594. The molecule has 0 saturated carbocycles. The lowest BCUT2D eigenvalue weighted by atomic mass is 10.1. The zero-order chi connectivity index (χ0) is 15.6. The Labute approximate surface area is 125 Å². The molecule has 0 N–H and O–H groups in total. The maximum absolute atomic E-state index is 12.6. The summed E-state index contributed by atoms with van der Waals surface area (Å²) in [5, 5.41) is 11.8. The van der Waals surface area contributed by atoms with Crippen LogP contribution in [0.2, 0.25) is 0 Å². The maximum Gasteiger partial charge on any atom is 0.416 e. The van der Waals surface area contributed by atoms with Gasteiger partial charge < -0.3 is 0 Å². The van der Waals surface area contributed by atoms with Crippen molar-refractivity contribution in [2.24, 2.45) is 0 Å². The molecule has 1 aromatic carbocycles. The van der Waals surface area contributed by atoms with Crippen LogP contribution in [0, 0.1) is 0 Å². The Kier molecular flexibility index (Phi) is 4.10. The first-order valence-electron chi connectivity index (χ1n) is 7.17. The summed E-state index contributed by atoms with van der Waals surface area (Å²) in [6.07, 6.45) is 0.166. The highest BCUT2D eigenvalue weighted by Crippen LogP contribution is 2.30. The summed E-state index contributed by atoms with van der Waals surface area (Å²) in [7, 11) is 0. The van der Waals surface area contributed by atoms with Gasteiger partial charge in [0.2, 0.25) is 0 Å². The first-order valence-corrected chi connectivity index (χ1v) is 7.17. The Morgan fingerprint density at radius 3 is 2.55 bits per heavy atom. The number of benzene rings is 1. The lowest BCUT2D eigenvalue weighted by molar-refractivity contribution is -0.137. The Balaban J connectivity index is 1.73. The van der Waals surface area contributed by atoms with E-state index in [9.17, 15) is 13.2 Å². The molecule has 1 atom stereocenters. The summed E-state index contributed by atoms with van der Waals surface area (Å²) in [6, 6.07) is 5.32. The number of tetrazole rings is 1. The lowest BCUT2D eigenvalue weighted by Gasteiger charge is -2.34. The molecule has 1 aliphatic heterocycles. The van der Waals surface area contributed by atoms with Crippen molar-refractivity contribution in [3.63, 3.8) is 0 Å². The molecule has 0 unspecified atom stereocenters. The lowest BCUT2D eigenvalue weighted by Crippen LogP contribution is -2.37. The van der Waals surface area contributed by atoms with Gasteiger partial charge in [-0.2, -0.15) is 13.2 Å². The molecular weight excluding hydrogens is 295 g/mol. The molecule has 1 aromatic heterocycles. The van der Waals surface area contributed by atoms with E-state index in [1.165, 1.54) is 18.5 Å². The second-order valence-electron chi connectivity index (χ2n) is 5.40. The van der Waals surface area contributed by atoms with Crippen LogP contribution >= 0.6 is 0 Å². The van der Waals surface area contributed by atoms with Gasteiger partial charge in [0.25, 0.3) is 0 Å². The van der Waals surface area contributed by atoms with E-state index in [2.05, 4.69) is 20.3 Å². The summed E-state index contributed by atoms with van der Waals surface area (Å²) in [6.45, 7) is 1.44. The molecule has 0 aliphatic carbocycles. The average molecular weight is 311 g/mol. The van der Waals surface area contributed by atoms with Crippen molar-refractivity contribution in [2.75, 3.05) is 6.54 Å². The number of hydrogen-bond donors (Lipinski definition) is 0. The van der Waals surface area contributed by atoms with Crippen molar-refractivity contribution in [3.8, 4) is 0 Å². The highest BCUT2D eigenvalue weighted by molar-refractivity contribution is 5.24. The van der Waals surface area contributed by atoms with E-state index in [4.69, 9.17) is 0 Å². The van der Waals surface area contributed by atoms with E-state index < -0.39 is 11.7 Å². The normalized spacial score (nSPS) is 20.2. The molecule has 2 aromatic rings. The van der Waals surface area contributed by atoms with Gasteiger partial charge in [0, 0.05) is 13.1 Å². The molecule has 0 amide bonds. The van der Waals surface area contributed by atoms with Crippen molar-refractivity contribution in [1.82, 2.24) is 25.1 Å². The zero-order valence-corrected chi connectivity index (χ0v) is 11.9. The number of rotatable bonds is 3. The van der Waals surface area contributed by atoms with Gasteiger partial charge in [0.05, 0.1) is 5.56 Å². The second kappa shape index (κ2) is 6.04. The fraction of sp³-hybridized carbons (Fsp3) is 0.500. The Hall–Kier alpha value is -1.96. The Morgan fingerprint density at radius 2 is 1.91 bits per heavy atom. The van der Waals surface area contributed by atoms with E-state index in [1.54, 1.807) is 4.80 Å². The van der Waals surface area contributed by atoms with Crippen molar-refractivity contribution in [3.05, 3.63) is 41.7 Å². The second-order valence-corrected chi connectivity index (χ2v) is 5.40. The van der Waals surface area contributed by atoms with Crippen molar-refractivity contribution in [2.45, 2.75) is 38.1 Å². The largest absolute Gasteiger partial charge is 0.416 e. The molecular formula is C14H16F3N5. The van der Waals surface area contributed by atoms with Crippen LogP contribution in [0.3, 0.4) is 0 Å². The molecule has 8 heteroatoms. The van der Waals surface area contributed by atoms with Gasteiger partial charge in [-0.3, -0.25) is 4.90 Å². The SMILES string of the molecule is FC(F)(F)c1ccc(CN2CCCC[C@H]2n2ncnn2)cc1. The number of alkyl halides is 3. The third kappa shape index (κ3) is 3.27. The Morgan fingerprint density at radius 1 is 1.14 bits per heavy atom. The third-order valence-corrected chi connectivity index (χ3v) is 3.88. The molecule has 1 fully saturated rings. The van der Waals surface area contributed by atoms with Gasteiger partial charge in [0.1, 0.15) is 6.17 Å². The van der Waals surface area contributed by atoms with Crippen LogP contribution in [0.25, 0.3) is 0 Å². The van der Waals surface area contributed by atoms with Crippen LogP contribution in [-0.4, -0.2) is 31.7 Å². The third-order valence-electron chi connectivity index (χ3n) is 3.88. The summed E-state index contributed by atoms with van der Waals surface area (Å²) in [5.41, 5.74) is 0.226. The first kappa shape index (κ1) is 15.0. The van der Waals surface area contributed by atoms with Crippen molar-refractivity contribution in [1.29, 1.82) is 0 Å². The molecule has 0 spiro atoms.